The first kappa shape index (κ1) is 17.0. The molecule has 0 fully saturated rings. The summed E-state index contributed by atoms with van der Waals surface area (Å²) in [5.41, 5.74) is 1.21. The van der Waals surface area contributed by atoms with Gasteiger partial charge in [-0.2, -0.15) is 0 Å². The van der Waals surface area contributed by atoms with E-state index in [2.05, 4.69) is 17.4 Å². The zero-order valence-electron chi connectivity index (χ0n) is 14.1. The second-order valence-corrected chi connectivity index (χ2v) is 5.89. The number of amides is 1. The lowest BCUT2D eigenvalue weighted by Crippen LogP contribution is -2.37. The van der Waals surface area contributed by atoms with Gasteiger partial charge in [-0.05, 0) is 36.2 Å². The third-order valence-corrected chi connectivity index (χ3v) is 3.86. The fraction of sp³-hybridized carbons (Fsp3) is 0.250. The fourth-order valence-electron chi connectivity index (χ4n) is 2.66. The molecule has 0 aliphatic carbocycles. The van der Waals surface area contributed by atoms with Crippen molar-refractivity contribution < 1.29 is 13.6 Å². The Bertz CT molecular complexity index is 700. The Labute approximate surface area is 147 Å². The van der Waals surface area contributed by atoms with Crippen LogP contribution in [0.3, 0.4) is 0 Å². The van der Waals surface area contributed by atoms with Gasteiger partial charge in [0.05, 0.1) is 32.2 Å². The molecule has 3 aromatic rings. The number of carbonyl (C=O) groups is 1. The Morgan fingerprint density at radius 1 is 0.880 bits per heavy atom. The average molecular weight is 338 g/mol. The lowest BCUT2D eigenvalue weighted by Gasteiger charge is -2.19. The predicted octanol–water partition coefficient (Wildman–Crippen LogP) is 3.23. The number of nitrogens with one attached hydrogen (secondary N) is 1. The minimum Gasteiger partial charge on any atom is -0.468 e. The maximum absolute atomic E-state index is 12.3. The summed E-state index contributed by atoms with van der Waals surface area (Å²) in [6.07, 6.45) is 4.10. The Kier molecular flexibility index (Phi) is 6.06. The number of nitrogens with zero attached hydrogens (tertiary/aromatic N) is 1. The standard InChI is InChI=1S/C20H22N2O3/c23-20(21-11-10-17-6-2-1-3-7-17)16-22(14-18-8-4-12-24-18)15-19-9-5-13-25-19/h1-9,12-13H,10-11,14-16H2,(H,21,23). The molecule has 3 rings (SSSR count). The Hall–Kier alpha value is -2.79. The Morgan fingerprint density at radius 2 is 1.52 bits per heavy atom. The minimum atomic E-state index is -0.00552. The van der Waals surface area contributed by atoms with Crippen LogP contribution in [0.5, 0.6) is 0 Å². The molecule has 2 heterocycles. The molecule has 0 saturated carbocycles. The fourth-order valence-corrected chi connectivity index (χ4v) is 2.66. The van der Waals surface area contributed by atoms with Crippen molar-refractivity contribution in [3.63, 3.8) is 0 Å². The SMILES string of the molecule is O=C(CN(Cc1ccco1)Cc1ccco1)NCCc1ccccc1. The molecule has 2 aromatic heterocycles. The molecular formula is C20H22N2O3. The highest BCUT2D eigenvalue weighted by molar-refractivity contribution is 5.78. The van der Waals surface area contributed by atoms with Crippen LogP contribution in [0.2, 0.25) is 0 Å². The van der Waals surface area contributed by atoms with E-state index in [0.29, 0.717) is 19.6 Å². The number of benzene rings is 1. The lowest BCUT2D eigenvalue weighted by molar-refractivity contribution is -0.122. The summed E-state index contributed by atoms with van der Waals surface area (Å²) >= 11 is 0. The molecule has 0 atom stereocenters. The molecule has 1 N–H and O–H groups in total. The lowest BCUT2D eigenvalue weighted by atomic mass is 10.1. The minimum absolute atomic E-state index is 0.00552. The van der Waals surface area contributed by atoms with Gasteiger partial charge in [0.15, 0.2) is 0 Å². The van der Waals surface area contributed by atoms with Crippen LogP contribution in [-0.4, -0.2) is 23.9 Å². The molecule has 0 unspecified atom stereocenters. The highest BCUT2D eigenvalue weighted by Crippen LogP contribution is 2.10. The molecule has 5 nitrogen and oxygen atoms in total. The Morgan fingerprint density at radius 3 is 2.08 bits per heavy atom. The first-order chi connectivity index (χ1) is 12.3. The van der Waals surface area contributed by atoms with Gasteiger partial charge < -0.3 is 14.2 Å². The van der Waals surface area contributed by atoms with E-state index in [1.54, 1.807) is 12.5 Å². The van der Waals surface area contributed by atoms with E-state index in [9.17, 15) is 4.79 Å². The summed E-state index contributed by atoms with van der Waals surface area (Å²) < 4.78 is 10.8. The topological polar surface area (TPSA) is 58.6 Å². The van der Waals surface area contributed by atoms with Gasteiger partial charge in [-0.25, -0.2) is 0 Å². The molecule has 130 valence electrons. The molecule has 1 aromatic carbocycles. The van der Waals surface area contributed by atoms with Gasteiger partial charge in [0.25, 0.3) is 0 Å². The number of rotatable bonds is 9. The molecule has 1 amide bonds. The molecule has 0 bridgehead atoms. The van der Waals surface area contributed by atoms with Crippen LogP contribution in [0.25, 0.3) is 0 Å². The average Bonchev–Trinajstić information content (AvgIpc) is 3.30. The van der Waals surface area contributed by atoms with E-state index < -0.39 is 0 Å². The monoisotopic (exact) mass is 338 g/mol. The number of hydrogen-bond donors (Lipinski definition) is 1. The summed E-state index contributed by atoms with van der Waals surface area (Å²) in [7, 11) is 0. The van der Waals surface area contributed by atoms with E-state index in [-0.39, 0.29) is 12.5 Å². The number of furan rings is 2. The second-order valence-electron chi connectivity index (χ2n) is 5.89. The molecule has 0 aliphatic heterocycles. The molecule has 0 saturated heterocycles. The normalized spacial score (nSPS) is 10.9. The summed E-state index contributed by atoms with van der Waals surface area (Å²) in [4.78, 5) is 14.3. The van der Waals surface area contributed by atoms with Gasteiger partial charge in [0, 0.05) is 6.54 Å². The third kappa shape index (κ3) is 5.65. The molecule has 0 radical (unpaired) electrons. The molecule has 5 heteroatoms. The van der Waals surface area contributed by atoms with E-state index in [1.807, 2.05) is 47.4 Å². The molecule has 25 heavy (non-hydrogen) atoms. The van der Waals surface area contributed by atoms with Crippen molar-refractivity contribution in [1.82, 2.24) is 10.2 Å². The summed E-state index contributed by atoms with van der Waals surface area (Å²) in [6, 6.07) is 17.6. The van der Waals surface area contributed by atoms with Gasteiger partial charge >= 0.3 is 0 Å². The number of carbonyl (C=O) groups excluding carboxylic acids is 1. The molecule has 0 aliphatic rings. The van der Waals surface area contributed by atoms with E-state index in [1.165, 1.54) is 5.56 Å². The smallest absolute Gasteiger partial charge is 0.234 e. The van der Waals surface area contributed by atoms with Crippen LogP contribution < -0.4 is 5.32 Å². The summed E-state index contributed by atoms with van der Waals surface area (Å²) in [5.74, 6) is 1.64. The van der Waals surface area contributed by atoms with Crippen LogP contribution >= 0.6 is 0 Å². The predicted molar refractivity (Wildman–Crippen MR) is 94.7 cm³/mol. The van der Waals surface area contributed by atoms with Gasteiger partial charge in [0.2, 0.25) is 5.91 Å². The van der Waals surface area contributed by atoms with Crippen molar-refractivity contribution in [2.24, 2.45) is 0 Å². The van der Waals surface area contributed by atoms with Gasteiger partial charge in [-0.1, -0.05) is 30.3 Å². The first-order valence-electron chi connectivity index (χ1n) is 8.37. The highest BCUT2D eigenvalue weighted by Gasteiger charge is 2.14. The number of hydrogen-bond acceptors (Lipinski definition) is 4. The highest BCUT2D eigenvalue weighted by atomic mass is 16.3. The van der Waals surface area contributed by atoms with Gasteiger partial charge in [-0.3, -0.25) is 9.69 Å². The van der Waals surface area contributed by atoms with Crippen LogP contribution in [0.4, 0.5) is 0 Å². The van der Waals surface area contributed by atoms with Crippen molar-refractivity contribution >= 4 is 5.91 Å². The van der Waals surface area contributed by atoms with Gasteiger partial charge in [-0.15, -0.1) is 0 Å². The van der Waals surface area contributed by atoms with Crippen LogP contribution in [0, 0.1) is 0 Å². The van der Waals surface area contributed by atoms with Crippen molar-refractivity contribution in [3.8, 4) is 0 Å². The summed E-state index contributed by atoms with van der Waals surface area (Å²) in [6.45, 7) is 2.02. The van der Waals surface area contributed by atoms with Crippen LogP contribution in [0.1, 0.15) is 17.1 Å². The van der Waals surface area contributed by atoms with Crippen molar-refractivity contribution in [3.05, 3.63) is 84.2 Å². The van der Waals surface area contributed by atoms with Crippen LogP contribution in [-0.2, 0) is 24.3 Å². The van der Waals surface area contributed by atoms with Crippen molar-refractivity contribution in [1.29, 1.82) is 0 Å². The summed E-state index contributed by atoms with van der Waals surface area (Å²) in [5, 5.41) is 2.98. The maximum atomic E-state index is 12.3. The molecule has 0 spiro atoms. The zero-order chi connectivity index (χ0) is 17.3. The second kappa shape index (κ2) is 8.89. The van der Waals surface area contributed by atoms with Gasteiger partial charge in [0.1, 0.15) is 11.5 Å². The van der Waals surface area contributed by atoms with Crippen molar-refractivity contribution in [2.45, 2.75) is 19.5 Å². The van der Waals surface area contributed by atoms with E-state index in [4.69, 9.17) is 8.83 Å². The van der Waals surface area contributed by atoms with E-state index in [0.717, 1.165) is 17.9 Å². The van der Waals surface area contributed by atoms with Crippen molar-refractivity contribution in [2.75, 3.05) is 13.1 Å². The maximum Gasteiger partial charge on any atom is 0.234 e. The molecular weight excluding hydrogens is 316 g/mol. The largest absolute Gasteiger partial charge is 0.468 e. The zero-order valence-corrected chi connectivity index (χ0v) is 14.1. The van der Waals surface area contributed by atoms with E-state index >= 15 is 0 Å². The Balaban J connectivity index is 1.50. The van der Waals surface area contributed by atoms with Crippen LogP contribution in [0.15, 0.2) is 76.0 Å². The first-order valence-corrected chi connectivity index (χ1v) is 8.37. The third-order valence-electron chi connectivity index (χ3n) is 3.86. The quantitative estimate of drug-likeness (QED) is 0.651.